The summed E-state index contributed by atoms with van der Waals surface area (Å²) >= 11 is 0. The molecule has 6 heteroatoms. The van der Waals surface area contributed by atoms with Gasteiger partial charge in [-0.1, -0.05) is 6.92 Å². The topological polar surface area (TPSA) is 70.7 Å². The molecule has 116 valence electrons. The van der Waals surface area contributed by atoms with E-state index in [1.807, 2.05) is 20.8 Å². The van der Waals surface area contributed by atoms with E-state index in [2.05, 4.69) is 10.6 Å². The van der Waals surface area contributed by atoms with Crippen LogP contribution < -0.4 is 10.6 Å². The molecule has 1 aliphatic rings. The van der Waals surface area contributed by atoms with Crippen LogP contribution in [0.25, 0.3) is 0 Å². The van der Waals surface area contributed by atoms with Crippen LogP contribution in [0.15, 0.2) is 0 Å². The molecule has 2 atom stereocenters. The average Bonchev–Trinajstić information content (AvgIpc) is 2.47. The van der Waals surface area contributed by atoms with Crippen molar-refractivity contribution in [1.29, 1.82) is 0 Å². The first kappa shape index (κ1) is 16.9. The fourth-order valence-electron chi connectivity index (χ4n) is 2.00. The number of carbonyl (C=O) groups is 2. The Morgan fingerprint density at radius 3 is 2.50 bits per heavy atom. The van der Waals surface area contributed by atoms with Gasteiger partial charge in [-0.05, 0) is 20.3 Å². The van der Waals surface area contributed by atoms with Gasteiger partial charge in [-0.3, -0.25) is 9.59 Å². The predicted octanol–water partition coefficient (Wildman–Crippen LogP) is 0.128. The van der Waals surface area contributed by atoms with E-state index in [0.29, 0.717) is 39.3 Å². The molecule has 0 saturated carbocycles. The number of amides is 2. The minimum Gasteiger partial charge on any atom is -0.378 e. The molecule has 2 unspecified atom stereocenters. The van der Waals surface area contributed by atoms with Crippen LogP contribution in [-0.4, -0.2) is 61.6 Å². The quantitative estimate of drug-likeness (QED) is 0.697. The second-order valence-electron chi connectivity index (χ2n) is 5.24. The molecular weight excluding hydrogens is 258 g/mol. The number of nitrogens with one attached hydrogen (secondary N) is 2. The van der Waals surface area contributed by atoms with E-state index < -0.39 is 0 Å². The summed E-state index contributed by atoms with van der Waals surface area (Å²) in [7, 11) is 0. The molecule has 1 aliphatic heterocycles. The van der Waals surface area contributed by atoms with E-state index in [9.17, 15) is 9.59 Å². The largest absolute Gasteiger partial charge is 0.378 e. The van der Waals surface area contributed by atoms with Crippen LogP contribution in [0.3, 0.4) is 0 Å². The molecule has 0 aliphatic carbocycles. The lowest BCUT2D eigenvalue weighted by molar-refractivity contribution is -0.137. The molecular formula is C14H27N3O3. The molecule has 20 heavy (non-hydrogen) atoms. The summed E-state index contributed by atoms with van der Waals surface area (Å²) in [5.74, 6) is 0.105. The first-order valence-corrected chi connectivity index (χ1v) is 7.43. The van der Waals surface area contributed by atoms with E-state index in [4.69, 9.17) is 4.74 Å². The Labute approximate surface area is 121 Å². The maximum Gasteiger partial charge on any atom is 0.239 e. The molecule has 1 rings (SSSR count). The molecule has 2 N–H and O–H groups in total. The standard InChI is InChI=1S/C14H27N3O3/c1-4-11(2)16-13(18)5-6-15-12(3)14(19)17-7-9-20-10-8-17/h11-12,15H,4-10H2,1-3H3,(H,16,18). The van der Waals surface area contributed by atoms with Crippen molar-refractivity contribution in [2.24, 2.45) is 0 Å². The number of hydrogen-bond donors (Lipinski definition) is 2. The van der Waals surface area contributed by atoms with Crippen molar-refractivity contribution in [3.05, 3.63) is 0 Å². The van der Waals surface area contributed by atoms with Gasteiger partial charge in [0.05, 0.1) is 19.3 Å². The summed E-state index contributed by atoms with van der Waals surface area (Å²) in [5.41, 5.74) is 0. The van der Waals surface area contributed by atoms with Crippen LogP contribution in [0.5, 0.6) is 0 Å². The minimum atomic E-state index is -0.260. The first-order chi connectivity index (χ1) is 9.54. The van der Waals surface area contributed by atoms with Gasteiger partial charge in [-0.25, -0.2) is 0 Å². The zero-order valence-corrected chi connectivity index (χ0v) is 12.8. The highest BCUT2D eigenvalue weighted by atomic mass is 16.5. The van der Waals surface area contributed by atoms with Crippen LogP contribution in [0.2, 0.25) is 0 Å². The van der Waals surface area contributed by atoms with Crippen molar-refractivity contribution in [2.45, 2.75) is 45.7 Å². The average molecular weight is 285 g/mol. The molecule has 1 saturated heterocycles. The third-order valence-electron chi connectivity index (χ3n) is 3.52. The van der Waals surface area contributed by atoms with Crippen molar-refractivity contribution in [1.82, 2.24) is 15.5 Å². The molecule has 1 fully saturated rings. The Balaban J connectivity index is 2.20. The summed E-state index contributed by atoms with van der Waals surface area (Å²) in [6.45, 7) is 8.89. The second kappa shape index (κ2) is 8.92. The molecule has 0 aromatic rings. The zero-order valence-electron chi connectivity index (χ0n) is 12.8. The van der Waals surface area contributed by atoms with Gasteiger partial charge < -0.3 is 20.3 Å². The third kappa shape index (κ3) is 5.88. The maximum absolute atomic E-state index is 12.1. The lowest BCUT2D eigenvalue weighted by atomic mass is 10.2. The number of carbonyl (C=O) groups excluding carboxylic acids is 2. The van der Waals surface area contributed by atoms with E-state index >= 15 is 0 Å². The van der Waals surface area contributed by atoms with Crippen LogP contribution >= 0.6 is 0 Å². The Hall–Kier alpha value is -1.14. The van der Waals surface area contributed by atoms with Gasteiger partial charge in [-0.2, -0.15) is 0 Å². The Bertz CT molecular complexity index is 317. The van der Waals surface area contributed by atoms with Gasteiger partial charge in [0.1, 0.15) is 0 Å². The van der Waals surface area contributed by atoms with Crippen LogP contribution in [0, 0.1) is 0 Å². The van der Waals surface area contributed by atoms with Crippen LogP contribution in [0.4, 0.5) is 0 Å². The highest BCUT2D eigenvalue weighted by Crippen LogP contribution is 2.00. The monoisotopic (exact) mass is 285 g/mol. The highest BCUT2D eigenvalue weighted by Gasteiger charge is 2.21. The summed E-state index contributed by atoms with van der Waals surface area (Å²) in [4.78, 5) is 25.5. The van der Waals surface area contributed by atoms with Crippen LogP contribution in [0.1, 0.15) is 33.6 Å². The number of morpholine rings is 1. The van der Waals surface area contributed by atoms with Crippen molar-refractivity contribution in [2.75, 3.05) is 32.8 Å². The number of hydrogen-bond acceptors (Lipinski definition) is 4. The van der Waals surface area contributed by atoms with Gasteiger partial charge in [0.15, 0.2) is 0 Å². The van der Waals surface area contributed by atoms with Gasteiger partial charge in [0, 0.05) is 32.1 Å². The van der Waals surface area contributed by atoms with E-state index in [1.165, 1.54) is 0 Å². The van der Waals surface area contributed by atoms with Gasteiger partial charge in [0.2, 0.25) is 11.8 Å². The predicted molar refractivity (Wildman–Crippen MR) is 77.4 cm³/mol. The molecule has 6 nitrogen and oxygen atoms in total. The number of rotatable bonds is 7. The van der Waals surface area contributed by atoms with Gasteiger partial charge >= 0.3 is 0 Å². The van der Waals surface area contributed by atoms with E-state index in [1.54, 1.807) is 4.90 Å². The SMILES string of the molecule is CCC(C)NC(=O)CCNC(C)C(=O)N1CCOCC1. The van der Waals surface area contributed by atoms with Crippen molar-refractivity contribution in [3.8, 4) is 0 Å². The lowest BCUT2D eigenvalue weighted by Crippen LogP contribution is -2.49. The third-order valence-corrected chi connectivity index (χ3v) is 3.52. The highest BCUT2D eigenvalue weighted by molar-refractivity contribution is 5.81. The fourth-order valence-corrected chi connectivity index (χ4v) is 2.00. The Morgan fingerprint density at radius 1 is 1.25 bits per heavy atom. The normalized spacial score (nSPS) is 18.4. The maximum atomic E-state index is 12.1. The van der Waals surface area contributed by atoms with Gasteiger partial charge in [-0.15, -0.1) is 0 Å². The Morgan fingerprint density at radius 2 is 1.90 bits per heavy atom. The first-order valence-electron chi connectivity index (χ1n) is 7.43. The molecule has 1 heterocycles. The molecule has 0 aromatic heterocycles. The fraction of sp³-hybridized carbons (Fsp3) is 0.857. The molecule has 2 amide bonds. The lowest BCUT2D eigenvalue weighted by Gasteiger charge is -2.29. The molecule has 0 radical (unpaired) electrons. The van der Waals surface area contributed by atoms with E-state index in [-0.39, 0.29) is 23.9 Å². The second-order valence-corrected chi connectivity index (χ2v) is 5.24. The summed E-state index contributed by atoms with van der Waals surface area (Å²) in [5, 5.41) is 6.01. The smallest absolute Gasteiger partial charge is 0.239 e. The van der Waals surface area contributed by atoms with Crippen molar-refractivity contribution >= 4 is 11.8 Å². The number of ether oxygens (including phenoxy) is 1. The number of nitrogens with zero attached hydrogens (tertiary/aromatic N) is 1. The van der Waals surface area contributed by atoms with E-state index in [0.717, 1.165) is 6.42 Å². The summed E-state index contributed by atoms with van der Waals surface area (Å²) in [6.07, 6.45) is 1.32. The Kier molecular flexibility index (Phi) is 7.54. The molecule has 0 spiro atoms. The minimum absolute atomic E-state index is 0.0258. The summed E-state index contributed by atoms with van der Waals surface area (Å²) in [6, 6.07) is -0.0561. The van der Waals surface area contributed by atoms with Gasteiger partial charge in [0.25, 0.3) is 0 Å². The zero-order chi connectivity index (χ0) is 15.0. The molecule has 0 bridgehead atoms. The van der Waals surface area contributed by atoms with Crippen molar-refractivity contribution < 1.29 is 14.3 Å². The summed E-state index contributed by atoms with van der Waals surface area (Å²) < 4.78 is 5.22. The van der Waals surface area contributed by atoms with Crippen LogP contribution in [-0.2, 0) is 14.3 Å². The van der Waals surface area contributed by atoms with Crippen molar-refractivity contribution in [3.63, 3.8) is 0 Å². The molecule has 0 aromatic carbocycles.